The second-order valence-corrected chi connectivity index (χ2v) is 16.7. The highest BCUT2D eigenvalue weighted by atomic mass is 16.4. The van der Waals surface area contributed by atoms with E-state index in [0.717, 1.165) is 47.0 Å². The van der Waals surface area contributed by atoms with Gasteiger partial charge >= 0.3 is 0 Å². The molecule has 1 aliphatic carbocycles. The third-order valence-electron chi connectivity index (χ3n) is 9.67. The lowest BCUT2D eigenvalue weighted by molar-refractivity contribution is -0.135. The van der Waals surface area contributed by atoms with Crippen molar-refractivity contribution in [3.8, 4) is 11.1 Å². The standard InChI is InChI=1S/C13H18.C13H12.C12H10.C10H8.C7H8.5C2H4O2.4C2H6/c2*1-3-7-12(8-4-1)11-13-9-5-2-6-10-13;1-3-7-11(8-4-1)12-9-5-2-6-10-12;1-2-6-10-8-4-3-7-9(10)5-1;1-7-5-3-2-4-6-7;5*1-2(3)4;4*1-2/h1,3-4,7-8,13H,2,5-6,9-11H2;1-10H,11H2;1-10H;1-8H;2-6H,1H3;5*1H3,(H,3,4);4*1-2H3. The van der Waals surface area contributed by atoms with Crippen molar-refractivity contribution in [3.05, 3.63) is 253 Å². The van der Waals surface area contributed by atoms with Crippen molar-refractivity contribution < 1.29 is 49.5 Å². The molecule has 10 nitrogen and oxygen atoms in total. The lowest BCUT2D eigenvalue weighted by Gasteiger charge is -2.21. The summed E-state index contributed by atoms with van der Waals surface area (Å²) in [4.78, 5) is 45.0. The Morgan fingerprint density at radius 1 is 0.313 bits per heavy atom. The number of rotatable bonds is 5. The summed E-state index contributed by atoms with van der Waals surface area (Å²) in [5, 5.41) is 39.7. The van der Waals surface area contributed by atoms with Gasteiger partial charge in [0.2, 0.25) is 0 Å². The number of hydrogen-bond donors (Lipinski definition) is 5. The van der Waals surface area contributed by atoms with Gasteiger partial charge in [-0.2, -0.15) is 0 Å². The Balaban J connectivity index is -0.000000277. The van der Waals surface area contributed by atoms with E-state index in [1.807, 2.05) is 85.7 Å². The molecule has 9 rings (SSSR count). The predicted octanol–water partition coefficient (Wildman–Crippen LogP) is 19.8. The topological polar surface area (TPSA) is 186 Å². The zero-order valence-corrected chi connectivity index (χ0v) is 52.2. The van der Waals surface area contributed by atoms with Gasteiger partial charge < -0.3 is 25.5 Å². The molecule has 0 amide bonds. The van der Waals surface area contributed by atoms with Crippen molar-refractivity contribution in [2.75, 3.05) is 0 Å². The van der Waals surface area contributed by atoms with E-state index in [4.69, 9.17) is 49.5 Å². The van der Waals surface area contributed by atoms with E-state index in [1.54, 1.807) is 0 Å². The largest absolute Gasteiger partial charge is 0.481 e. The number of carboxylic acid groups (broad SMARTS) is 5. The Morgan fingerprint density at radius 3 is 0.747 bits per heavy atom. The lowest BCUT2D eigenvalue weighted by Crippen LogP contribution is -2.08. The molecule has 1 aliphatic rings. The second kappa shape index (κ2) is 62.6. The fraction of sp³-hybridized carbons (Fsp3) is 0.301. The molecule has 10 heteroatoms. The van der Waals surface area contributed by atoms with E-state index >= 15 is 0 Å². The average molecular weight is 1140 g/mol. The van der Waals surface area contributed by atoms with Crippen LogP contribution in [0.5, 0.6) is 0 Å². The van der Waals surface area contributed by atoms with Gasteiger partial charge in [-0.15, -0.1) is 0 Å². The smallest absolute Gasteiger partial charge is 0.300 e. The normalized spacial score (nSPS) is 9.61. The maximum atomic E-state index is 9.00. The van der Waals surface area contributed by atoms with Crippen LogP contribution in [0.25, 0.3) is 21.9 Å². The summed E-state index contributed by atoms with van der Waals surface area (Å²) in [6.45, 7) is 23.5. The first-order valence-electron chi connectivity index (χ1n) is 28.5. The number of carbonyl (C=O) groups is 5. The summed E-state index contributed by atoms with van der Waals surface area (Å²) in [6.07, 6.45) is 9.62. The van der Waals surface area contributed by atoms with E-state index in [9.17, 15) is 0 Å². The summed E-state index contributed by atoms with van der Waals surface area (Å²) in [6, 6.07) is 79.7. The van der Waals surface area contributed by atoms with E-state index < -0.39 is 29.8 Å². The molecule has 0 saturated heterocycles. The van der Waals surface area contributed by atoms with E-state index in [-0.39, 0.29) is 0 Å². The molecule has 0 heterocycles. The number of carboxylic acids is 5. The summed E-state index contributed by atoms with van der Waals surface area (Å²) >= 11 is 0. The molecular weight excluding hydrogens is 1040 g/mol. The second-order valence-electron chi connectivity index (χ2n) is 16.7. The SMILES string of the molecule is CC.CC.CC.CC.CC(=O)O.CC(=O)O.CC(=O)O.CC(=O)O.CC(=O)O.Cc1ccccc1.c1ccc(-c2ccccc2)cc1.c1ccc(CC2CCCCC2)cc1.c1ccc(Cc2ccccc2)cc1.c1ccc2ccccc2c1. The molecular formula is C73H100O10. The van der Waals surface area contributed by atoms with Crippen molar-refractivity contribution in [2.24, 2.45) is 5.92 Å². The molecule has 0 atom stereocenters. The van der Waals surface area contributed by atoms with Gasteiger partial charge in [0.25, 0.3) is 29.8 Å². The molecule has 0 aromatic heterocycles. The van der Waals surface area contributed by atoms with Gasteiger partial charge in [-0.1, -0.05) is 324 Å². The van der Waals surface area contributed by atoms with Gasteiger partial charge in [-0.3, -0.25) is 24.0 Å². The van der Waals surface area contributed by atoms with E-state index in [0.29, 0.717) is 0 Å². The Bertz CT molecular complexity index is 2430. The first-order valence-corrected chi connectivity index (χ1v) is 28.5. The number of benzene rings is 8. The third-order valence-corrected chi connectivity index (χ3v) is 9.67. The van der Waals surface area contributed by atoms with E-state index in [2.05, 4.69) is 207 Å². The van der Waals surface area contributed by atoms with Crippen molar-refractivity contribution in [2.45, 2.75) is 142 Å². The molecule has 8 aromatic carbocycles. The molecule has 0 radical (unpaired) electrons. The van der Waals surface area contributed by atoms with Crippen LogP contribution >= 0.6 is 0 Å². The third kappa shape index (κ3) is 62.4. The van der Waals surface area contributed by atoms with Gasteiger partial charge in [0.05, 0.1) is 0 Å². The molecule has 0 unspecified atom stereocenters. The van der Waals surface area contributed by atoms with Gasteiger partial charge in [0.1, 0.15) is 0 Å². The molecule has 5 N–H and O–H groups in total. The van der Waals surface area contributed by atoms with Crippen LogP contribution < -0.4 is 0 Å². The fourth-order valence-corrected chi connectivity index (χ4v) is 6.69. The summed E-state index contributed by atoms with van der Waals surface area (Å²) in [5.41, 5.74) is 8.13. The highest BCUT2D eigenvalue weighted by Crippen LogP contribution is 2.26. The highest BCUT2D eigenvalue weighted by Gasteiger charge is 2.13. The predicted molar refractivity (Wildman–Crippen MR) is 351 cm³/mol. The number of aryl methyl sites for hydroxylation is 1. The van der Waals surface area contributed by atoms with Crippen LogP contribution in [0.2, 0.25) is 0 Å². The molecule has 452 valence electrons. The molecule has 8 aromatic rings. The first-order chi connectivity index (χ1) is 39.9. The molecule has 1 fully saturated rings. The van der Waals surface area contributed by atoms with Gasteiger partial charge in [0.15, 0.2) is 0 Å². The number of fused-ring (bicyclic) bond motifs is 1. The van der Waals surface area contributed by atoms with Crippen LogP contribution in [-0.4, -0.2) is 55.4 Å². The van der Waals surface area contributed by atoms with Gasteiger partial charge in [-0.05, 0) is 64.3 Å². The number of hydrogen-bond acceptors (Lipinski definition) is 5. The summed E-state index contributed by atoms with van der Waals surface area (Å²) in [7, 11) is 0. The molecule has 1 saturated carbocycles. The van der Waals surface area contributed by atoms with E-state index in [1.165, 1.54) is 82.7 Å². The minimum atomic E-state index is -0.833. The minimum absolute atomic E-state index is 0.833. The zero-order chi connectivity index (χ0) is 63.9. The van der Waals surface area contributed by atoms with Crippen molar-refractivity contribution in [1.82, 2.24) is 0 Å². The molecule has 0 aliphatic heterocycles. The molecule has 83 heavy (non-hydrogen) atoms. The first kappa shape index (κ1) is 83.2. The summed E-state index contributed by atoms with van der Waals surface area (Å²) < 4.78 is 0. The Labute approximate surface area is 499 Å². The monoisotopic (exact) mass is 1140 g/mol. The van der Waals surface area contributed by atoms with Crippen LogP contribution in [0.4, 0.5) is 0 Å². The fourth-order valence-electron chi connectivity index (χ4n) is 6.69. The van der Waals surface area contributed by atoms with Crippen molar-refractivity contribution in [1.29, 1.82) is 0 Å². The van der Waals surface area contributed by atoms with Gasteiger partial charge in [0, 0.05) is 34.6 Å². The maximum Gasteiger partial charge on any atom is 0.300 e. The van der Waals surface area contributed by atoms with Crippen molar-refractivity contribution in [3.63, 3.8) is 0 Å². The van der Waals surface area contributed by atoms with Gasteiger partial charge in [-0.25, -0.2) is 0 Å². The van der Waals surface area contributed by atoms with Crippen LogP contribution in [-0.2, 0) is 36.8 Å². The highest BCUT2D eigenvalue weighted by molar-refractivity contribution is 5.82. The Hall–Kier alpha value is -8.63. The van der Waals surface area contributed by atoms with Crippen LogP contribution in [0.3, 0.4) is 0 Å². The molecule has 0 spiro atoms. The quantitative estimate of drug-likeness (QED) is 0.111. The number of aliphatic carboxylic acids is 5. The van der Waals surface area contributed by atoms with Crippen LogP contribution in [0, 0.1) is 12.8 Å². The zero-order valence-electron chi connectivity index (χ0n) is 52.2. The van der Waals surface area contributed by atoms with Crippen LogP contribution in [0.1, 0.15) is 144 Å². The minimum Gasteiger partial charge on any atom is -0.481 e. The maximum absolute atomic E-state index is 9.00. The molecule has 0 bridgehead atoms. The summed E-state index contributed by atoms with van der Waals surface area (Å²) in [5.74, 6) is -3.20. The Morgan fingerprint density at radius 2 is 0.518 bits per heavy atom. The Kier molecular flexibility index (Phi) is 62.7. The van der Waals surface area contributed by atoms with Crippen LogP contribution in [0.15, 0.2) is 231 Å². The average Bonchev–Trinajstić information content (AvgIpc) is 3.52. The lowest BCUT2D eigenvalue weighted by atomic mass is 9.85. The van der Waals surface area contributed by atoms with Crippen molar-refractivity contribution >= 4 is 40.6 Å².